The molecule has 0 saturated carbocycles. The second-order valence-corrected chi connectivity index (χ2v) is 5.98. The number of aryl methyl sites for hydroxylation is 2. The summed E-state index contributed by atoms with van der Waals surface area (Å²) in [4.78, 5) is 15.2. The van der Waals surface area contributed by atoms with Crippen LogP contribution in [-0.2, 0) is 11.2 Å². The molecule has 0 saturated heterocycles. The maximum Gasteiger partial charge on any atom is 0.162 e. The van der Waals surface area contributed by atoms with E-state index in [1.54, 1.807) is 13.0 Å². The van der Waals surface area contributed by atoms with Gasteiger partial charge in [0, 0.05) is 12.1 Å². The van der Waals surface area contributed by atoms with Gasteiger partial charge in [-0.15, -0.1) is 0 Å². The van der Waals surface area contributed by atoms with E-state index in [0.29, 0.717) is 18.4 Å². The van der Waals surface area contributed by atoms with Crippen molar-refractivity contribution < 1.29 is 13.6 Å². The van der Waals surface area contributed by atoms with Crippen molar-refractivity contribution in [2.75, 3.05) is 0 Å². The third-order valence-electron chi connectivity index (χ3n) is 3.48. The molecule has 0 atom stereocenters. The number of benzene rings is 2. The van der Waals surface area contributed by atoms with Gasteiger partial charge in [0.2, 0.25) is 0 Å². The average molecular weight is 361 g/mol. The zero-order chi connectivity index (χ0) is 18.8. The Kier molecular flexibility index (Phi) is 11.0. The molecule has 0 amide bonds. The van der Waals surface area contributed by atoms with E-state index in [4.69, 9.17) is 0 Å². The van der Waals surface area contributed by atoms with Crippen molar-refractivity contribution in [2.24, 2.45) is 4.99 Å². The summed E-state index contributed by atoms with van der Waals surface area (Å²) in [5.74, 6) is -1.30. The third kappa shape index (κ3) is 8.15. The van der Waals surface area contributed by atoms with Gasteiger partial charge in [-0.1, -0.05) is 51.1 Å². The van der Waals surface area contributed by atoms with Crippen LogP contribution >= 0.6 is 0 Å². The SMILES string of the molecule is C.CC(=O)CC(C)=Nc1ccccc1C.CCCc1cccc(F)c1F. The van der Waals surface area contributed by atoms with Gasteiger partial charge in [-0.3, -0.25) is 9.79 Å². The molecule has 0 aromatic heterocycles. The van der Waals surface area contributed by atoms with Crippen molar-refractivity contribution >= 4 is 17.2 Å². The number of hydrogen-bond donors (Lipinski definition) is 0. The van der Waals surface area contributed by atoms with Crippen LogP contribution in [-0.4, -0.2) is 11.5 Å². The first-order chi connectivity index (χ1) is 11.8. The van der Waals surface area contributed by atoms with Crippen molar-refractivity contribution in [3.05, 3.63) is 65.2 Å². The minimum atomic E-state index is -0.754. The van der Waals surface area contributed by atoms with E-state index in [0.717, 1.165) is 29.4 Å². The number of ketones is 1. The molecule has 0 bridgehead atoms. The van der Waals surface area contributed by atoms with Crippen molar-refractivity contribution in [1.82, 2.24) is 0 Å². The summed E-state index contributed by atoms with van der Waals surface area (Å²) in [6.07, 6.45) is 1.87. The molecule has 4 heteroatoms. The molecule has 0 unspecified atom stereocenters. The van der Waals surface area contributed by atoms with E-state index < -0.39 is 11.6 Å². The number of hydrogen-bond acceptors (Lipinski definition) is 2. The molecule has 26 heavy (non-hydrogen) atoms. The molecule has 0 N–H and O–H groups in total. The third-order valence-corrected chi connectivity index (χ3v) is 3.48. The lowest BCUT2D eigenvalue weighted by atomic mass is 10.1. The van der Waals surface area contributed by atoms with E-state index >= 15 is 0 Å². The minimum absolute atomic E-state index is 0. The lowest BCUT2D eigenvalue weighted by Crippen LogP contribution is -1.99. The van der Waals surface area contributed by atoms with Crippen LogP contribution in [0.15, 0.2) is 47.5 Å². The van der Waals surface area contributed by atoms with Gasteiger partial charge in [0.25, 0.3) is 0 Å². The van der Waals surface area contributed by atoms with E-state index in [-0.39, 0.29) is 13.2 Å². The smallest absolute Gasteiger partial charge is 0.162 e. The van der Waals surface area contributed by atoms with Crippen LogP contribution in [0.5, 0.6) is 0 Å². The molecule has 0 spiro atoms. The topological polar surface area (TPSA) is 29.4 Å². The summed E-state index contributed by atoms with van der Waals surface area (Å²) in [7, 11) is 0. The molecule has 142 valence electrons. The summed E-state index contributed by atoms with van der Waals surface area (Å²) in [6.45, 7) is 7.41. The number of carbonyl (C=O) groups is 1. The highest BCUT2D eigenvalue weighted by atomic mass is 19.2. The molecular weight excluding hydrogens is 332 g/mol. The van der Waals surface area contributed by atoms with Crippen molar-refractivity contribution in [1.29, 1.82) is 0 Å². The fourth-order valence-electron chi connectivity index (χ4n) is 2.31. The molecule has 0 aliphatic carbocycles. The first kappa shape index (κ1) is 23.6. The van der Waals surface area contributed by atoms with Gasteiger partial charge in [0.05, 0.1) is 5.69 Å². The summed E-state index contributed by atoms with van der Waals surface area (Å²) >= 11 is 0. The van der Waals surface area contributed by atoms with Crippen LogP contribution in [0, 0.1) is 18.6 Å². The van der Waals surface area contributed by atoms with Gasteiger partial charge in [-0.2, -0.15) is 0 Å². The zero-order valence-electron chi connectivity index (χ0n) is 15.3. The van der Waals surface area contributed by atoms with Crippen molar-refractivity contribution in [2.45, 2.75) is 54.4 Å². The summed E-state index contributed by atoms with van der Waals surface area (Å²) in [5.41, 5.74) is 3.42. The Labute approximate surface area is 156 Å². The Morgan fingerprint density at radius 2 is 1.69 bits per heavy atom. The summed E-state index contributed by atoms with van der Waals surface area (Å²) in [5, 5.41) is 0. The molecule has 2 nitrogen and oxygen atoms in total. The Hall–Kier alpha value is -2.36. The Balaban J connectivity index is 0.000000475. The number of nitrogens with zero attached hydrogens (tertiary/aromatic N) is 1. The van der Waals surface area contributed by atoms with Gasteiger partial charge in [-0.05, 0) is 50.5 Å². The van der Waals surface area contributed by atoms with E-state index in [9.17, 15) is 13.6 Å². The lowest BCUT2D eigenvalue weighted by molar-refractivity contribution is -0.115. The molecule has 0 heterocycles. The maximum atomic E-state index is 12.8. The fourth-order valence-corrected chi connectivity index (χ4v) is 2.31. The average Bonchev–Trinajstić information content (AvgIpc) is 2.54. The Bertz CT molecular complexity index is 739. The molecule has 2 rings (SSSR count). The summed E-state index contributed by atoms with van der Waals surface area (Å²) < 4.78 is 25.3. The molecular formula is C22H29F2NO. The standard InChI is InChI=1S/C12H15NO.C9H10F2.CH4/c1-9-6-4-5-7-12(9)13-10(2)8-11(3)14;1-2-4-7-5-3-6-8(10)9(7)11;/h4-7H,8H2,1-3H3;3,5-6H,2,4H2,1H3;1H4. The van der Waals surface area contributed by atoms with Gasteiger partial charge < -0.3 is 0 Å². The van der Waals surface area contributed by atoms with Gasteiger partial charge >= 0.3 is 0 Å². The molecule has 0 radical (unpaired) electrons. The second-order valence-electron chi connectivity index (χ2n) is 5.98. The Morgan fingerprint density at radius 1 is 1.04 bits per heavy atom. The normalized spacial score (nSPS) is 10.5. The molecule has 0 aliphatic rings. The quantitative estimate of drug-likeness (QED) is 0.550. The zero-order valence-corrected chi connectivity index (χ0v) is 15.3. The van der Waals surface area contributed by atoms with Gasteiger partial charge in [-0.25, -0.2) is 8.78 Å². The molecule has 2 aromatic rings. The first-order valence-corrected chi connectivity index (χ1v) is 8.37. The van der Waals surface area contributed by atoms with Crippen LogP contribution in [0.4, 0.5) is 14.5 Å². The Morgan fingerprint density at radius 3 is 2.27 bits per heavy atom. The molecule has 0 aliphatic heterocycles. The number of para-hydroxylation sites is 1. The van der Waals surface area contributed by atoms with Gasteiger partial charge in [0.15, 0.2) is 11.6 Å². The number of Topliss-reactive ketones (excluding diaryl/α,β-unsaturated/α-hetero) is 1. The monoisotopic (exact) mass is 361 g/mol. The lowest BCUT2D eigenvalue weighted by Gasteiger charge is -2.01. The number of aliphatic imine (C=N–C) groups is 1. The van der Waals surface area contributed by atoms with Crippen LogP contribution in [0.3, 0.4) is 0 Å². The first-order valence-electron chi connectivity index (χ1n) is 8.37. The van der Waals surface area contributed by atoms with E-state index in [2.05, 4.69) is 4.99 Å². The van der Waals surface area contributed by atoms with Crippen LogP contribution < -0.4 is 0 Å². The van der Waals surface area contributed by atoms with Crippen molar-refractivity contribution in [3.63, 3.8) is 0 Å². The predicted molar refractivity (Wildman–Crippen MR) is 106 cm³/mol. The molecule has 0 fully saturated rings. The molecule has 2 aromatic carbocycles. The van der Waals surface area contributed by atoms with E-state index in [1.807, 2.05) is 45.0 Å². The highest BCUT2D eigenvalue weighted by Crippen LogP contribution is 2.17. The fraction of sp³-hybridized carbons (Fsp3) is 0.364. The van der Waals surface area contributed by atoms with Crippen molar-refractivity contribution in [3.8, 4) is 0 Å². The number of carbonyl (C=O) groups excluding carboxylic acids is 1. The highest BCUT2D eigenvalue weighted by molar-refractivity contribution is 6.00. The van der Waals surface area contributed by atoms with Crippen LogP contribution in [0.25, 0.3) is 0 Å². The maximum absolute atomic E-state index is 12.8. The largest absolute Gasteiger partial charge is 0.300 e. The number of halogens is 2. The van der Waals surface area contributed by atoms with E-state index in [1.165, 1.54) is 6.07 Å². The van der Waals surface area contributed by atoms with Crippen LogP contribution in [0.1, 0.15) is 52.2 Å². The highest BCUT2D eigenvalue weighted by Gasteiger charge is 2.05. The van der Waals surface area contributed by atoms with Gasteiger partial charge in [0.1, 0.15) is 5.78 Å². The summed E-state index contributed by atoms with van der Waals surface area (Å²) in [6, 6.07) is 12.2. The number of rotatable bonds is 5. The van der Waals surface area contributed by atoms with Crippen LogP contribution in [0.2, 0.25) is 0 Å². The predicted octanol–water partition coefficient (Wildman–Crippen LogP) is 6.62. The minimum Gasteiger partial charge on any atom is -0.300 e. The second kappa shape index (κ2) is 12.1.